The van der Waals surface area contributed by atoms with Gasteiger partial charge in [0.05, 0.1) is 16.9 Å². The quantitative estimate of drug-likeness (QED) is 0.648. The van der Waals surface area contributed by atoms with Crippen molar-refractivity contribution in [3.63, 3.8) is 0 Å². The molecule has 7 nitrogen and oxygen atoms in total. The topological polar surface area (TPSA) is 99.8 Å². The van der Waals surface area contributed by atoms with Crippen molar-refractivity contribution in [3.8, 4) is 0 Å². The van der Waals surface area contributed by atoms with Crippen molar-refractivity contribution in [2.24, 2.45) is 0 Å². The number of halogens is 1. The number of benzene rings is 1. The molecule has 0 aliphatic heterocycles. The first-order chi connectivity index (χ1) is 11.9. The summed E-state index contributed by atoms with van der Waals surface area (Å²) in [7, 11) is 0. The van der Waals surface area contributed by atoms with E-state index in [1.807, 2.05) is 19.1 Å². The fourth-order valence-electron chi connectivity index (χ4n) is 2.16. The lowest BCUT2D eigenvalue weighted by molar-refractivity contribution is 0.103. The maximum absolute atomic E-state index is 12.4. The van der Waals surface area contributed by atoms with Crippen molar-refractivity contribution >= 4 is 45.5 Å². The number of rotatable bonds is 4. The normalized spacial score (nSPS) is 10.5. The molecule has 0 aliphatic carbocycles. The highest BCUT2D eigenvalue weighted by Crippen LogP contribution is 2.27. The maximum Gasteiger partial charge on any atom is 0.267 e. The predicted molar refractivity (Wildman–Crippen MR) is 99.1 cm³/mol. The monoisotopic (exact) mass is 375 g/mol. The molecule has 3 rings (SSSR count). The van der Waals surface area contributed by atoms with E-state index in [0.29, 0.717) is 32.4 Å². The van der Waals surface area contributed by atoms with E-state index in [9.17, 15) is 9.59 Å². The van der Waals surface area contributed by atoms with E-state index < -0.39 is 0 Å². The van der Waals surface area contributed by atoms with Crippen LogP contribution in [0.15, 0.2) is 35.3 Å². The zero-order chi connectivity index (χ0) is 18.0. The molecule has 0 atom stereocenters. The molecule has 0 saturated carbocycles. The summed E-state index contributed by atoms with van der Waals surface area (Å²) >= 11 is 7.27. The fourth-order valence-corrected chi connectivity index (χ4v) is 3.14. The SMILES string of the molecule is Cc1nc(Nc2ncc(C(=O)Nc3c(C)cccc3Cl)s2)cc(=O)[nH]1. The van der Waals surface area contributed by atoms with Crippen LogP contribution < -0.4 is 16.2 Å². The van der Waals surface area contributed by atoms with Crippen LogP contribution in [-0.2, 0) is 0 Å². The largest absolute Gasteiger partial charge is 0.320 e. The summed E-state index contributed by atoms with van der Waals surface area (Å²) in [5.41, 5.74) is 1.18. The second kappa shape index (κ2) is 7.04. The molecule has 0 aliphatic rings. The molecular formula is C16H14ClN5O2S. The minimum atomic E-state index is -0.309. The van der Waals surface area contributed by atoms with E-state index in [0.717, 1.165) is 16.9 Å². The van der Waals surface area contributed by atoms with Crippen molar-refractivity contribution < 1.29 is 4.79 Å². The third-order valence-corrected chi connectivity index (χ3v) is 4.51. The van der Waals surface area contributed by atoms with Crippen LogP contribution in [0.2, 0.25) is 5.02 Å². The van der Waals surface area contributed by atoms with Crippen LogP contribution in [0.1, 0.15) is 21.1 Å². The first-order valence-corrected chi connectivity index (χ1v) is 8.49. The van der Waals surface area contributed by atoms with Gasteiger partial charge in [-0.3, -0.25) is 9.59 Å². The van der Waals surface area contributed by atoms with Crippen LogP contribution in [0.4, 0.5) is 16.6 Å². The number of anilines is 3. The van der Waals surface area contributed by atoms with Crippen LogP contribution in [0.5, 0.6) is 0 Å². The number of aromatic amines is 1. The summed E-state index contributed by atoms with van der Waals surface area (Å²) in [5.74, 6) is 0.542. The number of amides is 1. The number of hydrogen-bond acceptors (Lipinski definition) is 6. The second-order valence-corrected chi connectivity index (χ2v) is 6.69. The number of aromatic nitrogens is 3. The van der Waals surface area contributed by atoms with E-state index in [4.69, 9.17) is 11.6 Å². The third kappa shape index (κ3) is 4.04. The molecule has 2 heterocycles. The predicted octanol–water partition coefficient (Wildman–Crippen LogP) is 3.49. The number of carbonyl (C=O) groups excluding carboxylic acids is 1. The molecule has 9 heteroatoms. The Morgan fingerprint density at radius 2 is 2.12 bits per heavy atom. The molecule has 0 radical (unpaired) electrons. The second-order valence-electron chi connectivity index (χ2n) is 5.26. The van der Waals surface area contributed by atoms with Gasteiger partial charge in [-0.1, -0.05) is 35.1 Å². The highest BCUT2D eigenvalue weighted by atomic mass is 35.5. The van der Waals surface area contributed by atoms with Crippen LogP contribution >= 0.6 is 22.9 Å². The molecule has 0 saturated heterocycles. The summed E-state index contributed by atoms with van der Waals surface area (Å²) < 4.78 is 0. The van der Waals surface area contributed by atoms with Gasteiger partial charge in [0.25, 0.3) is 11.5 Å². The lowest BCUT2D eigenvalue weighted by atomic mass is 10.2. The number of nitrogens with one attached hydrogen (secondary N) is 3. The van der Waals surface area contributed by atoms with Gasteiger partial charge in [-0.05, 0) is 25.5 Å². The van der Waals surface area contributed by atoms with E-state index in [1.54, 1.807) is 13.0 Å². The number of thiazole rings is 1. The number of hydrogen-bond donors (Lipinski definition) is 3. The Labute approximate surface area is 152 Å². The van der Waals surface area contributed by atoms with Gasteiger partial charge < -0.3 is 15.6 Å². The third-order valence-electron chi connectivity index (χ3n) is 3.29. The summed E-state index contributed by atoms with van der Waals surface area (Å²) in [5, 5.41) is 6.64. The molecule has 2 aromatic heterocycles. The van der Waals surface area contributed by atoms with Crippen molar-refractivity contribution in [1.82, 2.24) is 15.0 Å². The number of nitrogens with zero attached hydrogens (tertiary/aromatic N) is 2. The molecule has 1 aromatic carbocycles. The van der Waals surface area contributed by atoms with E-state index in [1.165, 1.54) is 12.3 Å². The summed E-state index contributed by atoms with van der Waals surface area (Å²) in [6.07, 6.45) is 1.45. The Kier molecular flexibility index (Phi) is 4.82. The zero-order valence-corrected chi connectivity index (χ0v) is 15.0. The summed E-state index contributed by atoms with van der Waals surface area (Å²) in [4.78, 5) is 35.1. The Hall–Kier alpha value is -2.71. The summed E-state index contributed by atoms with van der Waals surface area (Å²) in [6.45, 7) is 3.54. The smallest absolute Gasteiger partial charge is 0.267 e. The van der Waals surface area contributed by atoms with Gasteiger partial charge in [-0.25, -0.2) is 9.97 Å². The van der Waals surface area contributed by atoms with Gasteiger partial charge in [0, 0.05) is 6.07 Å². The summed E-state index contributed by atoms with van der Waals surface area (Å²) in [6, 6.07) is 6.71. The van der Waals surface area contributed by atoms with Crippen molar-refractivity contribution in [2.45, 2.75) is 13.8 Å². The van der Waals surface area contributed by atoms with E-state index in [-0.39, 0.29) is 11.5 Å². The zero-order valence-electron chi connectivity index (χ0n) is 13.4. The van der Waals surface area contributed by atoms with Crippen LogP contribution in [-0.4, -0.2) is 20.9 Å². The molecule has 1 amide bonds. The lowest BCUT2D eigenvalue weighted by Crippen LogP contribution is -2.11. The minimum Gasteiger partial charge on any atom is -0.320 e. The highest BCUT2D eigenvalue weighted by Gasteiger charge is 2.14. The number of carbonyl (C=O) groups is 1. The Morgan fingerprint density at radius 3 is 2.84 bits per heavy atom. The molecule has 0 spiro atoms. The molecule has 3 aromatic rings. The minimum absolute atomic E-state index is 0.265. The number of H-pyrrole nitrogens is 1. The maximum atomic E-state index is 12.4. The van der Waals surface area contributed by atoms with Gasteiger partial charge in [0.2, 0.25) is 0 Å². The molecular weight excluding hydrogens is 362 g/mol. The van der Waals surface area contributed by atoms with Crippen molar-refractivity contribution in [3.05, 3.63) is 62.1 Å². The number of para-hydroxylation sites is 1. The van der Waals surface area contributed by atoms with Crippen LogP contribution in [0.25, 0.3) is 0 Å². The average molecular weight is 376 g/mol. The van der Waals surface area contributed by atoms with Crippen molar-refractivity contribution in [1.29, 1.82) is 0 Å². The Bertz CT molecular complexity index is 978. The molecule has 3 N–H and O–H groups in total. The van der Waals surface area contributed by atoms with Gasteiger partial charge in [0.1, 0.15) is 16.5 Å². The first-order valence-electron chi connectivity index (χ1n) is 7.29. The number of aryl methyl sites for hydroxylation is 2. The fraction of sp³-hybridized carbons (Fsp3) is 0.125. The molecule has 128 valence electrons. The van der Waals surface area contributed by atoms with Crippen LogP contribution in [0, 0.1) is 13.8 Å². The molecule has 0 unspecified atom stereocenters. The molecule has 0 bridgehead atoms. The highest BCUT2D eigenvalue weighted by molar-refractivity contribution is 7.17. The molecule has 25 heavy (non-hydrogen) atoms. The molecule has 0 fully saturated rings. The van der Waals surface area contributed by atoms with Gasteiger partial charge in [0.15, 0.2) is 5.13 Å². The van der Waals surface area contributed by atoms with Crippen LogP contribution in [0.3, 0.4) is 0 Å². The standard InChI is InChI=1S/C16H14ClN5O2S/c1-8-4-3-5-10(17)14(8)22-15(24)11-7-18-16(25-11)21-12-6-13(23)20-9(2)19-12/h3-7H,1-2H3,(H,22,24)(H2,18,19,20,21,23). The van der Waals surface area contributed by atoms with Gasteiger partial charge in [-0.2, -0.15) is 0 Å². The Balaban J connectivity index is 1.76. The van der Waals surface area contributed by atoms with E-state index in [2.05, 4.69) is 25.6 Å². The first kappa shape index (κ1) is 17.1. The Morgan fingerprint density at radius 1 is 1.32 bits per heavy atom. The van der Waals surface area contributed by atoms with Gasteiger partial charge in [-0.15, -0.1) is 0 Å². The van der Waals surface area contributed by atoms with Gasteiger partial charge >= 0.3 is 0 Å². The lowest BCUT2D eigenvalue weighted by Gasteiger charge is -2.08. The van der Waals surface area contributed by atoms with Crippen molar-refractivity contribution in [2.75, 3.05) is 10.6 Å². The average Bonchev–Trinajstić information content (AvgIpc) is 2.98. The van der Waals surface area contributed by atoms with E-state index >= 15 is 0 Å².